The number of aromatic nitrogens is 2. The number of carbonyl (C=O) groups excluding carboxylic acids is 1. The van der Waals surface area contributed by atoms with Crippen molar-refractivity contribution in [2.75, 3.05) is 0 Å². The molecule has 2 heterocycles. The highest BCUT2D eigenvalue weighted by molar-refractivity contribution is 5.94. The summed E-state index contributed by atoms with van der Waals surface area (Å²) in [5.74, 6) is -1.19. The quantitative estimate of drug-likeness (QED) is 0.716. The van der Waals surface area contributed by atoms with Crippen LogP contribution in [0.5, 0.6) is 0 Å². The fourth-order valence-electron chi connectivity index (χ4n) is 3.20. The molecule has 4 nitrogen and oxygen atoms in total. The molecule has 0 bridgehead atoms. The number of carbonyl (C=O) groups is 1. The fourth-order valence-corrected chi connectivity index (χ4v) is 3.20. The van der Waals surface area contributed by atoms with Crippen molar-refractivity contribution in [3.63, 3.8) is 0 Å². The van der Waals surface area contributed by atoms with Gasteiger partial charge in [0.25, 0.3) is 5.91 Å². The molecule has 0 aliphatic carbocycles. The van der Waals surface area contributed by atoms with Crippen molar-refractivity contribution in [1.29, 1.82) is 0 Å². The molecule has 0 saturated heterocycles. The Bertz CT molecular complexity index is 923. The zero-order valence-corrected chi connectivity index (χ0v) is 13.3. The second-order valence-electron chi connectivity index (χ2n) is 5.98. The summed E-state index contributed by atoms with van der Waals surface area (Å²) >= 11 is 0. The molecule has 4 rings (SSSR count). The molecule has 1 atom stereocenters. The van der Waals surface area contributed by atoms with Crippen molar-refractivity contribution in [2.45, 2.75) is 19.1 Å². The first-order valence-electron chi connectivity index (χ1n) is 7.94. The van der Waals surface area contributed by atoms with Gasteiger partial charge in [-0.3, -0.25) is 4.79 Å². The molecule has 0 spiro atoms. The number of rotatable bonds is 2. The van der Waals surface area contributed by atoms with Crippen LogP contribution in [-0.4, -0.2) is 20.4 Å². The first kappa shape index (κ1) is 15.5. The van der Waals surface area contributed by atoms with Gasteiger partial charge in [-0.2, -0.15) is 0 Å². The standard InChI is InChI=1S/C19H15F2N3O/c20-14-6-7-16(21)15(10-14)19(25)24-12-18-22-8-9-23(18)11-17(24)13-4-2-1-3-5-13/h1-10,17H,11-12H2/t17-/m1/s1. The third kappa shape index (κ3) is 2.80. The SMILES string of the molecule is O=C(c1cc(F)ccc1F)N1Cc2nccn2C[C@@H]1c1ccccc1. The van der Waals surface area contributed by atoms with Crippen LogP contribution in [0.25, 0.3) is 0 Å². The number of nitrogens with zero attached hydrogens (tertiary/aromatic N) is 3. The summed E-state index contributed by atoms with van der Waals surface area (Å²) in [5, 5.41) is 0. The Labute approximate surface area is 143 Å². The molecule has 2 aromatic carbocycles. The van der Waals surface area contributed by atoms with Gasteiger partial charge < -0.3 is 9.47 Å². The van der Waals surface area contributed by atoms with Gasteiger partial charge in [0.05, 0.1) is 18.2 Å². The van der Waals surface area contributed by atoms with E-state index in [0.29, 0.717) is 6.54 Å². The molecule has 1 aliphatic rings. The molecule has 1 aromatic heterocycles. The van der Waals surface area contributed by atoms with Gasteiger partial charge in [0.15, 0.2) is 0 Å². The van der Waals surface area contributed by atoms with Crippen molar-refractivity contribution in [2.24, 2.45) is 0 Å². The van der Waals surface area contributed by atoms with E-state index in [1.165, 1.54) is 0 Å². The van der Waals surface area contributed by atoms with Gasteiger partial charge >= 0.3 is 0 Å². The number of amides is 1. The lowest BCUT2D eigenvalue weighted by Crippen LogP contribution is -2.41. The van der Waals surface area contributed by atoms with Crippen molar-refractivity contribution in [1.82, 2.24) is 14.5 Å². The summed E-state index contributed by atoms with van der Waals surface area (Å²) in [6, 6.07) is 12.2. The Morgan fingerprint density at radius 2 is 1.92 bits per heavy atom. The molecule has 3 aromatic rings. The number of hydrogen-bond donors (Lipinski definition) is 0. The molecular formula is C19H15F2N3O. The molecule has 0 saturated carbocycles. The maximum absolute atomic E-state index is 14.1. The predicted molar refractivity (Wildman–Crippen MR) is 87.6 cm³/mol. The molecule has 0 unspecified atom stereocenters. The fraction of sp³-hybridized carbons (Fsp3) is 0.158. The van der Waals surface area contributed by atoms with E-state index < -0.39 is 17.5 Å². The Morgan fingerprint density at radius 1 is 1.12 bits per heavy atom. The van der Waals surface area contributed by atoms with E-state index in [9.17, 15) is 13.6 Å². The molecule has 0 fully saturated rings. The van der Waals surface area contributed by atoms with Crippen LogP contribution in [-0.2, 0) is 13.1 Å². The number of fused-ring (bicyclic) bond motifs is 1. The van der Waals surface area contributed by atoms with E-state index in [2.05, 4.69) is 4.98 Å². The first-order chi connectivity index (χ1) is 12.1. The van der Waals surface area contributed by atoms with E-state index >= 15 is 0 Å². The van der Waals surface area contributed by atoms with E-state index in [4.69, 9.17) is 0 Å². The third-order valence-electron chi connectivity index (χ3n) is 4.46. The Hall–Kier alpha value is -3.02. The first-order valence-corrected chi connectivity index (χ1v) is 7.94. The van der Waals surface area contributed by atoms with Crippen LogP contribution >= 0.6 is 0 Å². The lowest BCUT2D eigenvalue weighted by atomic mass is 10.0. The van der Waals surface area contributed by atoms with E-state index in [1.54, 1.807) is 11.1 Å². The second-order valence-corrected chi connectivity index (χ2v) is 5.98. The van der Waals surface area contributed by atoms with Crippen LogP contribution in [0.1, 0.15) is 27.8 Å². The molecule has 25 heavy (non-hydrogen) atoms. The van der Waals surface area contributed by atoms with Gasteiger partial charge in [-0.25, -0.2) is 13.8 Å². The molecule has 1 aliphatic heterocycles. The van der Waals surface area contributed by atoms with Crippen molar-refractivity contribution in [3.05, 3.63) is 89.5 Å². The van der Waals surface area contributed by atoms with Gasteiger partial charge in [0.1, 0.15) is 17.5 Å². The highest BCUT2D eigenvalue weighted by atomic mass is 19.1. The third-order valence-corrected chi connectivity index (χ3v) is 4.46. The highest BCUT2D eigenvalue weighted by Crippen LogP contribution is 2.31. The van der Waals surface area contributed by atoms with Crippen molar-refractivity contribution >= 4 is 5.91 Å². The van der Waals surface area contributed by atoms with E-state index in [1.807, 2.05) is 41.1 Å². The van der Waals surface area contributed by atoms with Gasteiger partial charge in [-0.15, -0.1) is 0 Å². The summed E-state index contributed by atoms with van der Waals surface area (Å²) in [7, 11) is 0. The van der Waals surface area contributed by atoms with Crippen LogP contribution in [0.15, 0.2) is 60.9 Å². The van der Waals surface area contributed by atoms with Crippen LogP contribution in [0, 0.1) is 11.6 Å². The predicted octanol–water partition coefficient (Wildman–Crippen LogP) is 3.56. The maximum Gasteiger partial charge on any atom is 0.257 e. The van der Waals surface area contributed by atoms with Crippen LogP contribution in [0.2, 0.25) is 0 Å². The maximum atomic E-state index is 14.1. The lowest BCUT2D eigenvalue weighted by Gasteiger charge is -2.36. The average molecular weight is 339 g/mol. The number of benzene rings is 2. The van der Waals surface area contributed by atoms with Crippen LogP contribution in [0.3, 0.4) is 0 Å². The van der Waals surface area contributed by atoms with Crippen molar-refractivity contribution in [3.8, 4) is 0 Å². The summed E-state index contributed by atoms with van der Waals surface area (Å²) in [6.07, 6.45) is 3.53. The number of hydrogen-bond acceptors (Lipinski definition) is 2. The van der Waals surface area contributed by atoms with Gasteiger partial charge in [-0.1, -0.05) is 30.3 Å². The Morgan fingerprint density at radius 3 is 2.72 bits per heavy atom. The molecule has 6 heteroatoms. The normalized spacial score (nSPS) is 16.6. The Balaban J connectivity index is 1.77. The average Bonchev–Trinajstić information content (AvgIpc) is 3.10. The minimum atomic E-state index is -0.730. The monoisotopic (exact) mass is 339 g/mol. The summed E-state index contributed by atoms with van der Waals surface area (Å²) in [4.78, 5) is 18.8. The topological polar surface area (TPSA) is 38.1 Å². The molecule has 0 radical (unpaired) electrons. The van der Waals surface area contributed by atoms with Crippen molar-refractivity contribution < 1.29 is 13.6 Å². The van der Waals surface area contributed by atoms with Gasteiger partial charge in [0.2, 0.25) is 0 Å². The largest absolute Gasteiger partial charge is 0.331 e. The lowest BCUT2D eigenvalue weighted by molar-refractivity contribution is 0.0579. The minimum absolute atomic E-state index is 0.237. The summed E-state index contributed by atoms with van der Waals surface area (Å²) < 4.78 is 29.6. The summed E-state index contributed by atoms with van der Waals surface area (Å²) in [6.45, 7) is 0.753. The van der Waals surface area contributed by atoms with Crippen LogP contribution in [0.4, 0.5) is 8.78 Å². The minimum Gasteiger partial charge on any atom is -0.331 e. The molecule has 1 amide bonds. The van der Waals surface area contributed by atoms with Crippen LogP contribution < -0.4 is 0 Å². The summed E-state index contributed by atoms with van der Waals surface area (Å²) in [5.41, 5.74) is 0.674. The van der Waals surface area contributed by atoms with E-state index in [-0.39, 0.29) is 18.2 Å². The van der Waals surface area contributed by atoms with E-state index in [0.717, 1.165) is 29.6 Å². The molecule has 0 N–H and O–H groups in total. The smallest absolute Gasteiger partial charge is 0.257 e. The second kappa shape index (κ2) is 6.12. The number of halogens is 2. The number of imidazole rings is 1. The van der Waals surface area contributed by atoms with Gasteiger partial charge in [0, 0.05) is 18.9 Å². The molecule has 126 valence electrons. The highest BCUT2D eigenvalue weighted by Gasteiger charge is 2.33. The zero-order valence-electron chi connectivity index (χ0n) is 13.3. The Kier molecular flexibility index (Phi) is 3.80. The molecular weight excluding hydrogens is 324 g/mol. The van der Waals surface area contributed by atoms with Gasteiger partial charge in [-0.05, 0) is 23.8 Å². The zero-order chi connectivity index (χ0) is 17.4.